The molecule has 14 heavy (non-hydrogen) atoms. The van der Waals surface area contributed by atoms with Gasteiger partial charge in [0.2, 0.25) is 5.91 Å². The monoisotopic (exact) mass is 193 g/mol. The largest absolute Gasteiger partial charge is 0.347 e. The van der Waals surface area contributed by atoms with Crippen LogP contribution in [0, 0.1) is 17.2 Å². The van der Waals surface area contributed by atoms with E-state index in [9.17, 15) is 4.79 Å². The third kappa shape index (κ3) is 2.86. The van der Waals surface area contributed by atoms with Crippen molar-refractivity contribution >= 4 is 5.91 Å². The Hall–Kier alpha value is -1.34. The molecule has 76 valence electrons. The molecule has 1 fully saturated rings. The molecule has 0 aromatic carbocycles. The van der Waals surface area contributed by atoms with E-state index in [4.69, 9.17) is 5.26 Å². The number of nitrogens with one attached hydrogen (secondary N) is 2. The summed E-state index contributed by atoms with van der Waals surface area (Å²) in [6.07, 6.45) is 4.17. The van der Waals surface area contributed by atoms with Crippen LogP contribution in [0.15, 0.2) is 12.2 Å². The van der Waals surface area contributed by atoms with E-state index in [1.165, 1.54) is 6.08 Å². The maximum Gasteiger partial charge on any atom is 0.243 e. The summed E-state index contributed by atoms with van der Waals surface area (Å²) in [7, 11) is 0. The zero-order chi connectivity index (χ0) is 10.4. The third-order valence-corrected chi connectivity index (χ3v) is 2.21. The van der Waals surface area contributed by atoms with Crippen LogP contribution in [0.5, 0.6) is 0 Å². The molecule has 4 heteroatoms. The predicted molar refractivity (Wildman–Crippen MR) is 53.3 cm³/mol. The van der Waals surface area contributed by atoms with Gasteiger partial charge in [0.1, 0.15) is 0 Å². The molecule has 1 saturated heterocycles. The molecule has 1 rings (SSSR count). The average Bonchev–Trinajstić information content (AvgIpc) is 2.62. The molecular weight excluding hydrogens is 178 g/mol. The van der Waals surface area contributed by atoms with Crippen LogP contribution in [-0.2, 0) is 4.79 Å². The molecule has 2 unspecified atom stereocenters. The van der Waals surface area contributed by atoms with E-state index in [2.05, 4.69) is 16.7 Å². The van der Waals surface area contributed by atoms with E-state index >= 15 is 0 Å². The molecule has 1 aliphatic rings. The fraction of sp³-hybridized carbons (Fsp3) is 0.600. The summed E-state index contributed by atoms with van der Waals surface area (Å²) in [5, 5.41) is 14.6. The van der Waals surface area contributed by atoms with Crippen molar-refractivity contribution in [3.8, 4) is 6.07 Å². The lowest BCUT2D eigenvalue weighted by Crippen LogP contribution is -2.39. The van der Waals surface area contributed by atoms with E-state index in [1.807, 2.05) is 6.92 Å². The Balaban J connectivity index is 2.40. The summed E-state index contributed by atoms with van der Waals surface area (Å²) in [5.41, 5.74) is 0. The highest BCUT2D eigenvalue weighted by Crippen LogP contribution is 2.06. The fourth-order valence-corrected chi connectivity index (χ4v) is 1.42. The zero-order valence-corrected chi connectivity index (χ0v) is 8.29. The van der Waals surface area contributed by atoms with Crippen molar-refractivity contribution in [1.82, 2.24) is 10.6 Å². The lowest BCUT2D eigenvalue weighted by Gasteiger charge is -2.12. The molecule has 0 radical (unpaired) electrons. The molecule has 0 aliphatic carbocycles. The van der Waals surface area contributed by atoms with Gasteiger partial charge < -0.3 is 10.6 Å². The summed E-state index contributed by atoms with van der Waals surface area (Å²) in [6.45, 7) is 3.32. The van der Waals surface area contributed by atoms with Gasteiger partial charge in [0, 0.05) is 13.1 Å². The van der Waals surface area contributed by atoms with Crippen molar-refractivity contribution in [2.45, 2.75) is 19.4 Å². The van der Waals surface area contributed by atoms with Gasteiger partial charge in [-0.3, -0.25) is 4.79 Å². The molecule has 0 saturated carbocycles. The Morgan fingerprint density at radius 3 is 3.14 bits per heavy atom. The standard InChI is InChI=1S/C10H15N3O/c1-2-3-4-10(14)13-9-7-12-6-8(9)5-11/h3-4,8-9,12H,2,6-7H2,1H3,(H,13,14)/b4-3+. The Labute approximate surface area is 84.0 Å². The second kappa shape index (κ2) is 5.40. The topological polar surface area (TPSA) is 64.9 Å². The molecule has 1 heterocycles. The van der Waals surface area contributed by atoms with Crippen molar-refractivity contribution in [1.29, 1.82) is 5.26 Å². The van der Waals surface area contributed by atoms with E-state index < -0.39 is 0 Å². The molecule has 0 aromatic heterocycles. The van der Waals surface area contributed by atoms with Gasteiger partial charge in [-0.2, -0.15) is 5.26 Å². The van der Waals surface area contributed by atoms with Crippen molar-refractivity contribution in [3.05, 3.63) is 12.2 Å². The summed E-state index contributed by atoms with van der Waals surface area (Å²) >= 11 is 0. The van der Waals surface area contributed by atoms with E-state index in [0.717, 1.165) is 6.42 Å². The second-order valence-corrected chi connectivity index (χ2v) is 3.32. The number of carbonyl (C=O) groups is 1. The van der Waals surface area contributed by atoms with Gasteiger partial charge in [-0.25, -0.2) is 0 Å². The number of rotatable bonds is 3. The highest BCUT2D eigenvalue weighted by atomic mass is 16.1. The molecule has 4 nitrogen and oxygen atoms in total. The van der Waals surface area contributed by atoms with Crippen LogP contribution in [0.1, 0.15) is 13.3 Å². The van der Waals surface area contributed by atoms with Gasteiger partial charge in [-0.05, 0) is 12.5 Å². The van der Waals surface area contributed by atoms with Crippen molar-refractivity contribution < 1.29 is 4.79 Å². The normalized spacial score (nSPS) is 26.3. The summed E-state index contributed by atoms with van der Waals surface area (Å²) in [5.74, 6) is -0.213. The SMILES string of the molecule is CC/C=C/C(=O)NC1CNCC1C#N. The fourth-order valence-electron chi connectivity index (χ4n) is 1.42. The highest BCUT2D eigenvalue weighted by molar-refractivity contribution is 5.87. The lowest BCUT2D eigenvalue weighted by atomic mass is 10.1. The first-order valence-electron chi connectivity index (χ1n) is 4.85. The van der Waals surface area contributed by atoms with Gasteiger partial charge in [0.25, 0.3) is 0 Å². The quantitative estimate of drug-likeness (QED) is 0.628. The maximum absolute atomic E-state index is 11.3. The van der Waals surface area contributed by atoms with Gasteiger partial charge >= 0.3 is 0 Å². The molecular formula is C10H15N3O. The number of allylic oxidation sites excluding steroid dienone is 1. The van der Waals surface area contributed by atoms with Crippen LogP contribution in [0.25, 0.3) is 0 Å². The van der Waals surface area contributed by atoms with Crippen LogP contribution in [0.2, 0.25) is 0 Å². The van der Waals surface area contributed by atoms with Crippen molar-refractivity contribution in [2.24, 2.45) is 5.92 Å². The average molecular weight is 193 g/mol. The van der Waals surface area contributed by atoms with Crippen LogP contribution < -0.4 is 10.6 Å². The van der Waals surface area contributed by atoms with Crippen molar-refractivity contribution in [2.75, 3.05) is 13.1 Å². The minimum atomic E-state index is -0.110. The van der Waals surface area contributed by atoms with Crippen LogP contribution in [-0.4, -0.2) is 25.0 Å². The van der Waals surface area contributed by atoms with Crippen LogP contribution in [0.4, 0.5) is 0 Å². The Bertz CT molecular complexity index is 267. The van der Waals surface area contributed by atoms with Gasteiger partial charge in [0.05, 0.1) is 18.0 Å². The number of hydrogen-bond donors (Lipinski definition) is 2. The molecule has 2 N–H and O–H groups in total. The Morgan fingerprint density at radius 1 is 1.71 bits per heavy atom. The van der Waals surface area contributed by atoms with E-state index in [-0.39, 0.29) is 17.9 Å². The first kappa shape index (κ1) is 10.7. The lowest BCUT2D eigenvalue weighted by molar-refractivity contribution is -0.117. The highest BCUT2D eigenvalue weighted by Gasteiger charge is 2.27. The third-order valence-electron chi connectivity index (χ3n) is 2.21. The van der Waals surface area contributed by atoms with Crippen LogP contribution >= 0.6 is 0 Å². The van der Waals surface area contributed by atoms with Gasteiger partial charge in [0.15, 0.2) is 0 Å². The molecule has 1 amide bonds. The first-order chi connectivity index (χ1) is 6.77. The molecule has 0 spiro atoms. The summed E-state index contributed by atoms with van der Waals surface area (Å²) in [4.78, 5) is 11.3. The smallest absolute Gasteiger partial charge is 0.243 e. The van der Waals surface area contributed by atoms with Crippen molar-refractivity contribution in [3.63, 3.8) is 0 Å². The molecule has 0 bridgehead atoms. The summed E-state index contributed by atoms with van der Waals surface area (Å²) in [6, 6.07) is 2.13. The molecule has 2 atom stereocenters. The van der Waals surface area contributed by atoms with E-state index in [1.54, 1.807) is 6.08 Å². The minimum Gasteiger partial charge on any atom is -0.347 e. The zero-order valence-electron chi connectivity index (χ0n) is 8.29. The number of amides is 1. The maximum atomic E-state index is 11.3. The summed E-state index contributed by atoms with van der Waals surface area (Å²) < 4.78 is 0. The van der Waals surface area contributed by atoms with Gasteiger partial charge in [-0.15, -0.1) is 0 Å². The van der Waals surface area contributed by atoms with Gasteiger partial charge in [-0.1, -0.05) is 13.0 Å². The van der Waals surface area contributed by atoms with E-state index in [0.29, 0.717) is 13.1 Å². The minimum absolute atomic E-state index is 0.0472. The number of nitriles is 1. The second-order valence-electron chi connectivity index (χ2n) is 3.32. The number of carbonyl (C=O) groups excluding carboxylic acids is 1. The number of hydrogen-bond acceptors (Lipinski definition) is 3. The Kier molecular flexibility index (Phi) is 4.14. The van der Waals surface area contributed by atoms with Crippen LogP contribution in [0.3, 0.4) is 0 Å². The Morgan fingerprint density at radius 2 is 2.50 bits per heavy atom. The molecule has 0 aromatic rings. The number of nitrogens with zero attached hydrogens (tertiary/aromatic N) is 1. The first-order valence-corrected chi connectivity index (χ1v) is 4.85. The predicted octanol–water partition coefficient (Wildman–Crippen LogP) is 0.180. The molecule has 1 aliphatic heterocycles.